The fourth-order valence-corrected chi connectivity index (χ4v) is 3.26. The van der Waals surface area contributed by atoms with Crippen LogP contribution in [0.1, 0.15) is 58.3 Å². The lowest BCUT2D eigenvalue weighted by molar-refractivity contribution is -0.218. The third-order valence-corrected chi connectivity index (χ3v) is 5.14. The molecule has 0 radical (unpaired) electrons. The second-order valence-corrected chi connectivity index (χ2v) is 7.60. The molecule has 1 aliphatic carbocycles. The van der Waals surface area contributed by atoms with Gasteiger partial charge in [-0.1, -0.05) is 26.3 Å². The van der Waals surface area contributed by atoms with Crippen molar-refractivity contribution in [3.8, 4) is 11.5 Å². The molecule has 156 valence electrons. The van der Waals surface area contributed by atoms with Gasteiger partial charge in [0.25, 0.3) is 0 Å². The molecule has 1 fully saturated rings. The van der Waals surface area contributed by atoms with E-state index in [1.165, 1.54) is 31.8 Å². The molecular formula is C23H34O5. The molecule has 0 N–H and O–H groups in total. The molecule has 0 bridgehead atoms. The fourth-order valence-electron chi connectivity index (χ4n) is 3.26. The number of carbonyl (C=O) groups excluding carboxylic acids is 1. The number of hydrogen-bond acceptors (Lipinski definition) is 5. The van der Waals surface area contributed by atoms with Crippen LogP contribution in [0.15, 0.2) is 36.9 Å². The van der Waals surface area contributed by atoms with E-state index in [4.69, 9.17) is 19.2 Å². The van der Waals surface area contributed by atoms with E-state index in [9.17, 15) is 4.79 Å². The summed E-state index contributed by atoms with van der Waals surface area (Å²) in [4.78, 5) is 21.7. The fraction of sp³-hybridized carbons (Fsp3) is 0.609. The van der Waals surface area contributed by atoms with Gasteiger partial charge in [-0.2, -0.15) is 4.89 Å². The third-order valence-electron chi connectivity index (χ3n) is 5.14. The zero-order chi connectivity index (χ0) is 20.0. The van der Waals surface area contributed by atoms with Gasteiger partial charge in [-0.25, -0.2) is 4.79 Å². The first-order chi connectivity index (χ1) is 13.7. The maximum Gasteiger partial charge on any atom is 0.330 e. The van der Waals surface area contributed by atoms with Gasteiger partial charge in [0, 0.05) is 6.08 Å². The average Bonchev–Trinajstić information content (AvgIpc) is 2.72. The highest BCUT2D eigenvalue weighted by Gasteiger charge is 2.18. The molecule has 1 aliphatic rings. The summed E-state index contributed by atoms with van der Waals surface area (Å²) in [5.41, 5.74) is 0. The molecule has 0 amide bonds. The normalized spacial score (nSPS) is 19.0. The number of ether oxygens (including phenoxy) is 2. The first-order valence-corrected chi connectivity index (χ1v) is 10.5. The lowest BCUT2D eigenvalue weighted by atomic mass is 9.83. The Balaban J connectivity index is 1.49. The maximum absolute atomic E-state index is 10.9. The molecule has 1 aromatic carbocycles. The van der Waals surface area contributed by atoms with Crippen molar-refractivity contribution < 1.29 is 24.0 Å². The van der Waals surface area contributed by atoms with Crippen molar-refractivity contribution in [3.05, 3.63) is 36.9 Å². The van der Waals surface area contributed by atoms with Crippen molar-refractivity contribution >= 4 is 5.97 Å². The van der Waals surface area contributed by atoms with E-state index in [2.05, 4.69) is 13.5 Å². The van der Waals surface area contributed by atoms with Gasteiger partial charge >= 0.3 is 5.97 Å². The van der Waals surface area contributed by atoms with Gasteiger partial charge in [-0.05, 0) is 74.6 Å². The Bertz CT molecular complexity index is 561. The molecule has 0 unspecified atom stereocenters. The molecule has 1 aromatic rings. The Kier molecular flexibility index (Phi) is 10.5. The predicted molar refractivity (Wildman–Crippen MR) is 109 cm³/mol. The van der Waals surface area contributed by atoms with Gasteiger partial charge in [0.2, 0.25) is 0 Å². The number of unbranched alkanes of at least 4 members (excludes halogenated alkanes) is 3. The van der Waals surface area contributed by atoms with E-state index >= 15 is 0 Å². The zero-order valence-corrected chi connectivity index (χ0v) is 17.1. The van der Waals surface area contributed by atoms with Crippen molar-refractivity contribution in [1.29, 1.82) is 0 Å². The zero-order valence-electron chi connectivity index (χ0n) is 17.1. The van der Waals surface area contributed by atoms with E-state index in [1.54, 1.807) is 0 Å². The Morgan fingerprint density at radius 1 is 1.00 bits per heavy atom. The summed E-state index contributed by atoms with van der Waals surface area (Å²) in [6, 6.07) is 7.53. The highest BCUT2D eigenvalue weighted by Crippen LogP contribution is 2.28. The maximum atomic E-state index is 10.9. The molecule has 0 atom stereocenters. The Morgan fingerprint density at radius 2 is 1.64 bits per heavy atom. The molecule has 28 heavy (non-hydrogen) atoms. The van der Waals surface area contributed by atoms with Gasteiger partial charge in [-0.3, -0.25) is 0 Å². The minimum Gasteiger partial charge on any atom is -0.494 e. The summed E-state index contributed by atoms with van der Waals surface area (Å²) in [5, 5.41) is 0. The number of benzene rings is 1. The van der Waals surface area contributed by atoms with Crippen molar-refractivity contribution in [2.75, 3.05) is 19.8 Å². The van der Waals surface area contributed by atoms with E-state index in [0.717, 1.165) is 37.4 Å². The smallest absolute Gasteiger partial charge is 0.330 e. The van der Waals surface area contributed by atoms with E-state index in [-0.39, 0.29) is 5.97 Å². The lowest BCUT2D eigenvalue weighted by Crippen LogP contribution is -2.18. The molecule has 0 spiro atoms. The number of carbonyl (C=O) groups is 1. The van der Waals surface area contributed by atoms with Crippen molar-refractivity contribution in [3.63, 3.8) is 0 Å². The molecule has 0 aromatic heterocycles. The van der Waals surface area contributed by atoms with Crippen LogP contribution in [0, 0.1) is 11.8 Å². The Hall–Kier alpha value is -2.01. The number of hydrogen-bond donors (Lipinski definition) is 0. The molecule has 0 heterocycles. The molecule has 2 rings (SSSR count). The third kappa shape index (κ3) is 9.27. The highest BCUT2D eigenvalue weighted by molar-refractivity contribution is 5.81. The van der Waals surface area contributed by atoms with E-state index in [0.29, 0.717) is 31.5 Å². The van der Waals surface area contributed by atoms with Gasteiger partial charge in [0.05, 0.1) is 19.8 Å². The second-order valence-electron chi connectivity index (χ2n) is 7.60. The first-order valence-electron chi connectivity index (χ1n) is 10.5. The van der Waals surface area contributed by atoms with Crippen LogP contribution in [-0.4, -0.2) is 25.8 Å². The molecule has 5 heteroatoms. The minimum atomic E-state index is -0.357. The van der Waals surface area contributed by atoms with E-state index < -0.39 is 0 Å². The van der Waals surface area contributed by atoms with Gasteiger partial charge in [0.15, 0.2) is 5.75 Å². The summed E-state index contributed by atoms with van der Waals surface area (Å²) in [7, 11) is 0. The molecule has 0 aliphatic heterocycles. The van der Waals surface area contributed by atoms with Crippen LogP contribution < -0.4 is 9.62 Å². The van der Waals surface area contributed by atoms with Gasteiger partial charge in [-0.15, -0.1) is 0 Å². The lowest BCUT2D eigenvalue weighted by Gasteiger charge is -2.25. The summed E-state index contributed by atoms with van der Waals surface area (Å²) < 4.78 is 10.7. The van der Waals surface area contributed by atoms with Crippen molar-refractivity contribution in [2.24, 2.45) is 11.8 Å². The van der Waals surface area contributed by atoms with Crippen LogP contribution >= 0.6 is 0 Å². The SMILES string of the molecule is C=CC(=O)OCCCCCCOc1ccc(OOCC2CCC(C)CC2)cc1. The second kappa shape index (κ2) is 13.2. The average molecular weight is 391 g/mol. The van der Waals surface area contributed by atoms with Crippen LogP contribution in [0.2, 0.25) is 0 Å². The Morgan fingerprint density at radius 3 is 2.32 bits per heavy atom. The van der Waals surface area contributed by atoms with Crippen LogP contribution in [0.3, 0.4) is 0 Å². The van der Waals surface area contributed by atoms with Crippen LogP contribution in [0.25, 0.3) is 0 Å². The summed E-state index contributed by atoms with van der Waals surface area (Å²) in [6.07, 6.45) is 10.1. The molecule has 0 saturated heterocycles. The number of rotatable bonds is 13. The first kappa shape index (κ1) is 22.3. The molecule has 5 nitrogen and oxygen atoms in total. The summed E-state index contributed by atoms with van der Waals surface area (Å²) in [5.74, 6) is 2.64. The van der Waals surface area contributed by atoms with Gasteiger partial charge < -0.3 is 14.4 Å². The van der Waals surface area contributed by atoms with Crippen molar-refractivity contribution in [1.82, 2.24) is 0 Å². The van der Waals surface area contributed by atoms with E-state index in [1.807, 2.05) is 24.3 Å². The largest absolute Gasteiger partial charge is 0.494 e. The summed E-state index contributed by atoms with van der Waals surface area (Å²) >= 11 is 0. The monoisotopic (exact) mass is 390 g/mol. The van der Waals surface area contributed by atoms with Crippen LogP contribution in [0.4, 0.5) is 0 Å². The Labute approximate surface area is 168 Å². The van der Waals surface area contributed by atoms with Crippen molar-refractivity contribution in [2.45, 2.75) is 58.3 Å². The highest BCUT2D eigenvalue weighted by atomic mass is 17.2. The standard InChI is InChI=1S/C23H34O5/c1-3-23(24)26-17-7-5-4-6-16-25-21-12-14-22(15-13-21)28-27-18-20-10-8-19(2)9-11-20/h3,12-15,19-20H,1,4-11,16-18H2,2H3. The predicted octanol–water partition coefficient (Wildman–Crippen LogP) is 5.49. The van der Waals surface area contributed by atoms with Gasteiger partial charge in [0.1, 0.15) is 5.75 Å². The quantitative estimate of drug-likeness (QED) is 0.146. The van der Waals surface area contributed by atoms with Crippen LogP contribution in [0.5, 0.6) is 11.5 Å². The molecular weight excluding hydrogens is 356 g/mol. The summed E-state index contributed by atoms with van der Waals surface area (Å²) in [6.45, 7) is 7.47. The minimum absolute atomic E-state index is 0.357. The number of esters is 1. The van der Waals surface area contributed by atoms with Crippen LogP contribution in [-0.2, 0) is 14.4 Å². The molecule has 1 saturated carbocycles. The topological polar surface area (TPSA) is 54.0 Å².